The molecule has 9 nitrogen and oxygen atoms in total. The molecule has 248 valence electrons. The summed E-state index contributed by atoms with van der Waals surface area (Å²) in [6.07, 6.45) is 0. The van der Waals surface area contributed by atoms with Gasteiger partial charge in [0.2, 0.25) is 0 Å². The Morgan fingerprint density at radius 1 is 0.837 bits per heavy atom. The summed E-state index contributed by atoms with van der Waals surface area (Å²) < 4.78 is 17.1. The number of ether oxygens (including phenoxy) is 3. The van der Waals surface area contributed by atoms with Gasteiger partial charge in [0.05, 0.1) is 23.9 Å². The van der Waals surface area contributed by atoms with Crippen molar-refractivity contribution in [2.45, 2.75) is 40.0 Å². The lowest BCUT2D eigenvalue weighted by atomic mass is 9.95. The van der Waals surface area contributed by atoms with Crippen molar-refractivity contribution in [2.75, 3.05) is 11.5 Å². The van der Waals surface area contributed by atoms with Gasteiger partial charge in [-0.1, -0.05) is 78.1 Å². The van der Waals surface area contributed by atoms with Gasteiger partial charge in [0.15, 0.2) is 5.13 Å². The smallest absolute Gasteiger partial charge is 0.350 e. The van der Waals surface area contributed by atoms with E-state index in [4.69, 9.17) is 14.2 Å². The molecule has 0 saturated carbocycles. The third-order valence-corrected chi connectivity index (χ3v) is 9.26. The fourth-order valence-electron chi connectivity index (χ4n) is 5.50. The number of Topliss-reactive ketones (excluding diaryl/α,β-unsaturated/α-hetero) is 1. The number of amides is 1. The van der Waals surface area contributed by atoms with Crippen LogP contribution < -0.4 is 14.4 Å². The van der Waals surface area contributed by atoms with Crippen LogP contribution in [0.1, 0.15) is 56.1 Å². The highest BCUT2D eigenvalue weighted by Gasteiger charge is 2.48. The minimum Gasteiger partial charge on any atom is -0.507 e. The molecule has 4 aromatic carbocycles. The number of carbonyl (C=O) groups excluding carboxylic acids is 3. The summed E-state index contributed by atoms with van der Waals surface area (Å²) in [5, 5.41) is 11.8. The third-order valence-electron chi connectivity index (χ3n) is 8.12. The van der Waals surface area contributed by atoms with Crippen molar-refractivity contribution in [2.24, 2.45) is 0 Å². The molecule has 6 rings (SSSR count). The second-order valence-electron chi connectivity index (χ2n) is 11.4. The van der Waals surface area contributed by atoms with Crippen LogP contribution in [0, 0.1) is 13.8 Å². The van der Waals surface area contributed by atoms with E-state index < -0.39 is 23.7 Å². The van der Waals surface area contributed by atoms with Gasteiger partial charge in [-0.15, -0.1) is 0 Å². The van der Waals surface area contributed by atoms with Gasteiger partial charge in [-0.2, -0.15) is 0 Å². The standard InChI is InChI=1S/C39H34N2O7S/c1-4-46-38(45)36-25(3)40-39(49-36)41-33(27-14-18-30(19-15-27)47-22-26-11-6-5-7-12-26)32(35(43)37(41)44)34(42)28-16-20-31(21-17-28)48-23-29-13-9-8-10-24(29)2/h5-21,33,42H,4,22-23H2,1-3H3/b34-32+. The van der Waals surface area contributed by atoms with Crippen molar-refractivity contribution in [1.29, 1.82) is 0 Å². The molecular formula is C39H34N2O7S. The minimum absolute atomic E-state index is 0.109. The van der Waals surface area contributed by atoms with Crippen LogP contribution in [-0.4, -0.2) is 34.4 Å². The highest BCUT2D eigenvalue weighted by Crippen LogP contribution is 2.44. The van der Waals surface area contributed by atoms with E-state index in [9.17, 15) is 19.5 Å². The molecule has 1 unspecified atom stereocenters. The van der Waals surface area contributed by atoms with Crippen molar-refractivity contribution in [3.8, 4) is 11.5 Å². The van der Waals surface area contributed by atoms with Gasteiger partial charge in [-0.25, -0.2) is 9.78 Å². The number of aliphatic hydroxyl groups excluding tert-OH is 1. The highest BCUT2D eigenvalue weighted by molar-refractivity contribution is 7.17. The van der Waals surface area contributed by atoms with E-state index in [1.165, 1.54) is 4.90 Å². The van der Waals surface area contributed by atoms with Gasteiger partial charge in [0.1, 0.15) is 35.3 Å². The largest absolute Gasteiger partial charge is 0.507 e. The Kier molecular flexibility index (Phi) is 9.87. The van der Waals surface area contributed by atoms with Crippen molar-refractivity contribution in [1.82, 2.24) is 4.98 Å². The van der Waals surface area contributed by atoms with Crippen LogP contribution in [0.3, 0.4) is 0 Å². The average Bonchev–Trinajstić information content (AvgIpc) is 3.63. The second-order valence-corrected chi connectivity index (χ2v) is 12.4. The molecule has 1 amide bonds. The van der Waals surface area contributed by atoms with Crippen LogP contribution in [0.4, 0.5) is 5.13 Å². The van der Waals surface area contributed by atoms with Crippen LogP contribution >= 0.6 is 11.3 Å². The number of benzene rings is 4. The lowest BCUT2D eigenvalue weighted by molar-refractivity contribution is -0.132. The van der Waals surface area contributed by atoms with Crippen LogP contribution in [0.2, 0.25) is 0 Å². The van der Waals surface area contributed by atoms with Crippen LogP contribution in [0.15, 0.2) is 109 Å². The zero-order valence-corrected chi connectivity index (χ0v) is 28.0. The molecule has 1 saturated heterocycles. The van der Waals surface area contributed by atoms with Crippen LogP contribution in [0.25, 0.3) is 5.76 Å². The molecule has 0 spiro atoms. The van der Waals surface area contributed by atoms with Gasteiger partial charge < -0.3 is 19.3 Å². The summed E-state index contributed by atoms with van der Waals surface area (Å²) in [6, 6.07) is 30.3. The average molecular weight is 675 g/mol. The van der Waals surface area contributed by atoms with E-state index in [0.717, 1.165) is 28.0 Å². The molecule has 10 heteroatoms. The Labute approximate surface area is 288 Å². The summed E-state index contributed by atoms with van der Waals surface area (Å²) in [5.41, 5.74) is 4.29. The monoisotopic (exact) mass is 674 g/mol. The maximum absolute atomic E-state index is 13.7. The van der Waals surface area contributed by atoms with Crippen molar-refractivity contribution in [3.63, 3.8) is 0 Å². The van der Waals surface area contributed by atoms with Gasteiger partial charge in [-0.05, 0) is 79.4 Å². The molecule has 5 aromatic rings. The number of hydrogen-bond donors (Lipinski definition) is 1. The third kappa shape index (κ3) is 7.09. The quantitative estimate of drug-likeness (QED) is 0.0656. The summed E-state index contributed by atoms with van der Waals surface area (Å²) in [7, 11) is 0. The minimum atomic E-state index is -1.04. The summed E-state index contributed by atoms with van der Waals surface area (Å²) >= 11 is 0.956. The molecule has 1 aromatic heterocycles. The van der Waals surface area contributed by atoms with Gasteiger partial charge >= 0.3 is 11.9 Å². The zero-order valence-electron chi connectivity index (χ0n) is 27.2. The van der Waals surface area contributed by atoms with Crippen LogP contribution in [-0.2, 0) is 27.5 Å². The molecule has 1 aliphatic heterocycles. The Morgan fingerprint density at radius 2 is 1.47 bits per heavy atom. The number of rotatable bonds is 11. The number of anilines is 1. The fraction of sp³-hybridized carbons (Fsp3) is 0.179. The predicted molar refractivity (Wildman–Crippen MR) is 187 cm³/mol. The molecule has 0 radical (unpaired) electrons. The molecule has 0 aliphatic carbocycles. The molecule has 1 N–H and O–H groups in total. The number of hydrogen-bond acceptors (Lipinski definition) is 9. The Hall–Kier alpha value is -5.74. The van der Waals surface area contributed by atoms with Crippen molar-refractivity contribution < 1.29 is 33.7 Å². The number of esters is 1. The van der Waals surface area contributed by atoms with Crippen molar-refractivity contribution >= 4 is 39.9 Å². The second kappa shape index (κ2) is 14.6. The highest BCUT2D eigenvalue weighted by atomic mass is 32.1. The molecule has 1 aliphatic rings. The molecule has 1 fully saturated rings. The van der Waals surface area contributed by atoms with Gasteiger partial charge in [-0.3, -0.25) is 14.5 Å². The Morgan fingerprint density at radius 3 is 2.14 bits per heavy atom. The fourth-order valence-corrected chi connectivity index (χ4v) is 6.49. The summed E-state index contributed by atoms with van der Waals surface area (Å²) in [5.74, 6) is -1.51. The molecule has 49 heavy (non-hydrogen) atoms. The number of aliphatic hydroxyl groups is 1. The Balaban J connectivity index is 1.34. The lowest BCUT2D eigenvalue weighted by Gasteiger charge is -2.23. The van der Waals surface area contributed by atoms with E-state index in [1.54, 1.807) is 62.4 Å². The van der Waals surface area contributed by atoms with Gasteiger partial charge in [0.25, 0.3) is 5.78 Å². The van der Waals surface area contributed by atoms with E-state index >= 15 is 0 Å². The first kappa shape index (κ1) is 33.2. The Bertz CT molecular complexity index is 2020. The topological polar surface area (TPSA) is 115 Å². The first-order chi connectivity index (χ1) is 23.7. The zero-order chi connectivity index (χ0) is 34.5. The number of aryl methyl sites for hydroxylation is 2. The molecule has 2 heterocycles. The number of carbonyl (C=O) groups is 3. The first-order valence-electron chi connectivity index (χ1n) is 15.7. The van der Waals surface area contributed by atoms with Crippen LogP contribution in [0.5, 0.6) is 11.5 Å². The summed E-state index contributed by atoms with van der Waals surface area (Å²) in [6.45, 7) is 6.25. The normalized spacial score (nSPS) is 15.3. The lowest BCUT2D eigenvalue weighted by Crippen LogP contribution is -2.29. The molecule has 0 bridgehead atoms. The summed E-state index contributed by atoms with van der Waals surface area (Å²) in [4.78, 5) is 46.0. The molecule has 1 atom stereocenters. The first-order valence-corrected chi connectivity index (χ1v) is 16.6. The SMILES string of the molecule is CCOC(=O)c1sc(N2C(=O)C(=O)/C(=C(/O)c3ccc(OCc4ccccc4C)cc3)C2c2ccc(OCc3ccccc3)cc2)nc1C. The maximum Gasteiger partial charge on any atom is 0.350 e. The van der Waals surface area contributed by atoms with Crippen molar-refractivity contribution in [3.05, 3.63) is 147 Å². The van der Waals surface area contributed by atoms with E-state index in [0.29, 0.717) is 41.5 Å². The van der Waals surface area contributed by atoms with E-state index in [2.05, 4.69) is 4.98 Å². The van der Waals surface area contributed by atoms with E-state index in [1.807, 2.05) is 61.5 Å². The number of thiazole rings is 1. The number of aromatic nitrogens is 1. The molecular weight excluding hydrogens is 641 g/mol. The predicted octanol–water partition coefficient (Wildman–Crippen LogP) is 7.72. The maximum atomic E-state index is 13.7. The van der Waals surface area contributed by atoms with E-state index in [-0.39, 0.29) is 27.9 Å². The van der Waals surface area contributed by atoms with Gasteiger partial charge in [0, 0.05) is 5.56 Å². The number of nitrogens with zero attached hydrogens (tertiary/aromatic N) is 2. The number of ketones is 1.